The predicted octanol–water partition coefficient (Wildman–Crippen LogP) is 2.33. The maximum absolute atomic E-state index is 11.8. The fourth-order valence-electron chi connectivity index (χ4n) is 1.58. The zero-order chi connectivity index (χ0) is 15.4. The Kier molecular flexibility index (Phi) is 4.44. The van der Waals surface area contributed by atoms with Gasteiger partial charge in [0.1, 0.15) is 17.2 Å². The first-order valence-electron chi connectivity index (χ1n) is 5.80. The van der Waals surface area contributed by atoms with Crippen molar-refractivity contribution in [2.24, 2.45) is 5.10 Å². The van der Waals surface area contributed by atoms with Crippen molar-refractivity contribution in [2.45, 2.75) is 0 Å². The van der Waals surface area contributed by atoms with E-state index >= 15 is 0 Å². The van der Waals surface area contributed by atoms with Crippen LogP contribution in [0.3, 0.4) is 0 Å². The molecule has 2 aromatic carbocycles. The molecule has 6 nitrogen and oxygen atoms in total. The number of phenolic OH excluding ortho intramolecular Hbond substituents is 3. The van der Waals surface area contributed by atoms with Gasteiger partial charge in [0.15, 0.2) is 0 Å². The normalized spacial score (nSPS) is 10.7. The van der Waals surface area contributed by atoms with E-state index in [0.29, 0.717) is 5.56 Å². The highest BCUT2D eigenvalue weighted by Gasteiger charge is 2.07. The minimum Gasteiger partial charge on any atom is -0.508 e. The summed E-state index contributed by atoms with van der Waals surface area (Å²) in [4.78, 5) is 11.8. The number of nitrogens with one attached hydrogen (secondary N) is 1. The van der Waals surface area contributed by atoms with Crippen LogP contribution >= 0.6 is 15.9 Å². The van der Waals surface area contributed by atoms with Crippen LogP contribution in [0.2, 0.25) is 0 Å². The highest BCUT2D eigenvalue weighted by Crippen LogP contribution is 2.21. The molecule has 2 rings (SSSR count). The van der Waals surface area contributed by atoms with Crippen LogP contribution in [0, 0.1) is 0 Å². The Bertz CT molecular complexity index is 696. The second kappa shape index (κ2) is 6.27. The number of hydrazone groups is 1. The molecule has 0 heterocycles. The van der Waals surface area contributed by atoms with E-state index in [4.69, 9.17) is 0 Å². The van der Waals surface area contributed by atoms with Gasteiger partial charge in [0, 0.05) is 21.7 Å². The van der Waals surface area contributed by atoms with E-state index in [2.05, 4.69) is 26.5 Å². The number of rotatable bonds is 3. The van der Waals surface area contributed by atoms with Crippen LogP contribution in [0.15, 0.2) is 46.0 Å². The van der Waals surface area contributed by atoms with Crippen molar-refractivity contribution >= 4 is 28.1 Å². The molecule has 0 aliphatic carbocycles. The zero-order valence-corrected chi connectivity index (χ0v) is 12.2. The van der Waals surface area contributed by atoms with E-state index in [1.807, 2.05) is 0 Å². The van der Waals surface area contributed by atoms with Crippen LogP contribution in [-0.2, 0) is 0 Å². The lowest BCUT2D eigenvalue weighted by atomic mass is 10.2. The summed E-state index contributed by atoms with van der Waals surface area (Å²) in [5, 5.41) is 31.9. The average molecular weight is 351 g/mol. The molecule has 1 amide bonds. The number of aromatic hydroxyl groups is 3. The van der Waals surface area contributed by atoms with E-state index in [1.54, 1.807) is 12.1 Å². The number of halogens is 1. The topological polar surface area (TPSA) is 102 Å². The monoisotopic (exact) mass is 350 g/mol. The van der Waals surface area contributed by atoms with Crippen LogP contribution in [0.1, 0.15) is 15.9 Å². The molecule has 0 saturated carbocycles. The zero-order valence-electron chi connectivity index (χ0n) is 10.6. The Morgan fingerprint density at radius 1 is 1.10 bits per heavy atom. The van der Waals surface area contributed by atoms with Gasteiger partial charge in [-0.25, -0.2) is 5.43 Å². The number of carbonyl (C=O) groups excluding carboxylic acids is 1. The number of hydrogen-bond acceptors (Lipinski definition) is 5. The summed E-state index contributed by atoms with van der Waals surface area (Å²) >= 11 is 3.25. The molecule has 0 bridgehead atoms. The summed E-state index contributed by atoms with van der Waals surface area (Å²) < 4.78 is 0.756. The molecule has 0 aliphatic heterocycles. The molecule has 0 saturated heterocycles. The molecule has 0 aromatic heterocycles. The largest absolute Gasteiger partial charge is 0.508 e. The Labute approximate surface area is 128 Å². The van der Waals surface area contributed by atoms with Crippen LogP contribution in [0.25, 0.3) is 0 Å². The van der Waals surface area contributed by atoms with Gasteiger partial charge in [0.05, 0.1) is 6.21 Å². The Balaban J connectivity index is 2.10. The van der Waals surface area contributed by atoms with Crippen molar-refractivity contribution in [1.29, 1.82) is 0 Å². The third-order valence-electron chi connectivity index (χ3n) is 2.52. The molecule has 2 aromatic rings. The summed E-state index contributed by atoms with van der Waals surface area (Å²) in [5.74, 6) is -1.04. The van der Waals surface area contributed by atoms with Crippen LogP contribution < -0.4 is 5.43 Å². The SMILES string of the molecule is O=C(N/N=C/c1cc(Br)ccc1O)c1cc(O)cc(O)c1. The van der Waals surface area contributed by atoms with E-state index in [-0.39, 0.29) is 22.8 Å². The van der Waals surface area contributed by atoms with Crippen molar-refractivity contribution in [3.8, 4) is 17.2 Å². The minimum atomic E-state index is -0.605. The summed E-state index contributed by atoms with van der Waals surface area (Å²) in [7, 11) is 0. The van der Waals surface area contributed by atoms with Crippen LogP contribution in [-0.4, -0.2) is 27.4 Å². The minimum absolute atomic E-state index is 0.0196. The lowest BCUT2D eigenvalue weighted by molar-refractivity contribution is 0.0954. The fourth-order valence-corrected chi connectivity index (χ4v) is 1.96. The number of hydrogen-bond donors (Lipinski definition) is 4. The lowest BCUT2D eigenvalue weighted by Gasteiger charge is -2.02. The van der Waals surface area contributed by atoms with Crippen LogP contribution in [0.4, 0.5) is 0 Å². The van der Waals surface area contributed by atoms with Crippen molar-refractivity contribution in [1.82, 2.24) is 5.43 Å². The molecule has 7 heteroatoms. The van der Waals surface area contributed by atoms with Crippen molar-refractivity contribution in [3.05, 3.63) is 52.0 Å². The van der Waals surface area contributed by atoms with E-state index in [1.165, 1.54) is 24.4 Å². The van der Waals surface area contributed by atoms with Crippen LogP contribution in [0.5, 0.6) is 17.2 Å². The molecule has 4 N–H and O–H groups in total. The average Bonchev–Trinajstić information content (AvgIpc) is 2.41. The van der Waals surface area contributed by atoms with Gasteiger partial charge in [-0.05, 0) is 30.3 Å². The fraction of sp³-hybridized carbons (Fsp3) is 0. The molecule has 0 atom stereocenters. The maximum Gasteiger partial charge on any atom is 0.271 e. The number of phenols is 3. The van der Waals surface area contributed by atoms with Gasteiger partial charge in [-0.15, -0.1) is 0 Å². The Hall–Kier alpha value is -2.54. The molecule has 0 unspecified atom stereocenters. The van der Waals surface area contributed by atoms with Crippen molar-refractivity contribution in [3.63, 3.8) is 0 Å². The van der Waals surface area contributed by atoms with Gasteiger partial charge in [0.25, 0.3) is 5.91 Å². The molecule has 108 valence electrons. The van der Waals surface area contributed by atoms with E-state index in [0.717, 1.165) is 10.5 Å². The number of nitrogens with zero attached hydrogens (tertiary/aromatic N) is 1. The molecule has 0 fully saturated rings. The van der Waals surface area contributed by atoms with Gasteiger partial charge < -0.3 is 15.3 Å². The Morgan fingerprint density at radius 3 is 2.43 bits per heavy atom. The quantitative estimate of drug-likeness (QED) is 0.503. The second-order valence-electron chi connectivity index (χ2n) is 4.14. The van der Waals surface area contributed by atoms with Gasteiger partial charge in [0.2, 0.25) is 0 Å². The molecule has 21 heavy (non-hydrogen) atoms. The van der Waals surface area contributed by atoms with Crippen molar-refractivity contribution < 1.29 is 20.1 Å². The lowest BCUT2D eigenvalue weighted by Crippen LogP contribution is -2.17. The molecular weight excluding hydrogens is 340 g/mol. The summed E-state index contributed by atoms with van der Waals surface area (Å²) in [6.07, 6.45) is 1.28. The molecule has 0 aliphatic rings. The highest BCUT2D eigenvalue weighted by atomic mass is 79.9. The van der Waals surface area contributed by atoms with Crippen molar-refractivity contribution in [2.75, 3.05) is 0 Å². The standard InChI is InChI=1S/C14H11BrN2O4/c15-10-1-2-13(20)9(3-10)7-16-17-14(21)8-4-11(18)6-12(19)5-8/h1-7,18-20H,(H,17,21)/b16-7+. The molecular formula is C14H11BrN2O4. The first-order valence-corrected chi connectivity index (χ1v) is 6.60. The molecule has 0 radical (unpaired) electrons. The summed E-state index contributed by atoms with van der Waals surface area (Å²) in [6.45, 7) is 0. The van der Waals surface area contributed by atoms with Gasteiger partial charge in [-0.1, -0.05) is 15.9 Å². The van der Waals surface area contributed by atoms with Gasteiger partial charge >= 0.3 is 0 Å². The van der Waals surface area contributed by atoms with Gasteiger partial charge in [-0.3, -0.25) is 4.79 Å². The summed E-state index contributed by atoms with van der Waals surface area (Å²) in [5.41, 5.74) is 2.71. The summed E-state index contributed by atoms with van der Waals surface area (Å²) in [6, 6.07) is 8.29. The third kappa shape index (κ3) is 3.96. The smallest absolute Gasteiger partial charge is 0.271 e. The highest BCUT2D eigenvalue weighted by molar-refractivity contribution is 9.10. The number of carbonyl (C=O) groups is 1. The Morgan fingerprint density at radius 2 is 1.76 bits per heavy atom. The third-order valence-corrected chi connectivity index (χ3v) is 3.02. The first-order chi connectivity index (χ1) is 9.95. The maximum atomic E-state index is 11.8. The van der Waals surface area contributed by atoms with E-state index < -0.39 is 5.91 Å². The number of benzene rings is 2. The number of amides is 1. The molecule has 0 spiro atoms. The van der Waals surface area contributed by atoms with E-state index in [9.17, 15) is 20.1 Å². The predicted molar refractivity (Wildman–Crippen MR) is 80.6 cm³/mol. The first kappa shape index (κ1) is 14.9. The van der Waals surface area contributed by atoms with Gasteiger partial charge in [-0.2, -0.15) is 5.10 Å². The second-order valence-corrected chi connectivity index (χ2v) is 5.06.